The number of hydrogen-bond donors (Lipinski definition) is 0. The predicted octanol–water partition coefficient (Wildman–Crippen LogP) is 2.81. The Morgan fingerprint density at radius 1 is 1.10 bits per heavy atom. The zero-order chi connectivity index (χ0) is 22.2. The molecule has 0 spiro atoms. The lowest BCUT2D eigenvalue weighted by atomic mass is 10.1. The normalized spacial score (nSPS) is 23.4. The van der Waals surface area contributed by atoms with E-state index in [9.17, 15) is 18.8 Å². The summed E-state index contributed by atoms with van der Waals surface area (Å²) in [6, 6.07) is 2.38. The molecule has 30 heavy (non-hydrogen) atoms. The molecule has 0 bridgehead atoms. The van der Waals surface area contributed by atoms with Crippen LogP contribution in [0.2, 0.25) is 10.3 Å². The molecule has 1 aliphatic heterocycles. The van der Waals surface area contributed by atoms with Gasteiger partial charge in [-0.05, 0) is 17.7 Å². The summed E-state index contributed by atoms with van der Waals surface area (Å²) in [4.78, 5) is 38.7. The van der Waals surface area contributed by atoms with E-state index < -0.39 is 48.3 Å². The number of benzene rings is 1. The van der Waals surface area contributed by atoms with Gasteiger partial charge in [-0.3, -0.25) is 19.0 Å². The topological polar surface area (TPSA) is 106 Å². The fourth-order valence-electron chi connectivity index (χ4n) is 3.20. The smallest absolute Gasteiger partial charge is 0.303 e. The van der Waals surface area contributed by atoms with Crippen LogP contribution >= 0.6 is 23.2 Å². The monoisotopic (exact) mass is 462 g/mol. The third kappa shape index (κ3) is 4.50. The summed E-state index contributed by atoms with van der Waals surface area (Å²) in [6.07, 6.45) is -4.45. The predicted molar refractivity (Wildman–Crippen MR) is 101 cm³/mol. The van der Waals surface area contributed by atoms with E-state index in [1.54, 1.807) is 0 Å². The molecule has 1 saturated heterocycles. The van der Waals surface area contributed by atoms with Crippen LogP contribution in [0.25, 0.3) is 11.0 Å². The summed E-state index contributed by atoms with van der Waals surface area (Å²) in [5.41, 5.74) is 0.475. The maximum atomic E-state index is 14.1. The number of aromatic nitrogens is 2. The van der Waals surface area contributed by atoms with Gasteiger partial charge in [-0.2, -0.15) is 0 Å². The molecule has 162 valence electrons. The van der Waals surface area contributed by atoms with Gasteiger partial charge in [-0.1, -0.05) is 11.6 Å². The van der Waals surface area contributed by atoms with Crippen molar-refractivity contribution in [1.82, 2.24) is 9.55 Å². The van der Waals surface area contributed by atoms with Crippen molar-refractivity contribution in [3.05, 3.63) is 28.3 Å². The fourth-order valence-corrected chi connectivity index (χ4v) is 3.64. The number of carbonyl (C=O) groups is 3. The van der Waals surface area contributed by atoms with Crippen molar-refractivity contribution in [3.63, 3.8) is 0 Å². The van der Waals surface area contributed by atoms with Crippen LogP contribution in [0.4, 0.5) is 4.39 Å². The number of rotatable bonds is 5. The zero-order valence-corrected chi connectivity index (χ0v) is 17.6. The minimum Gasteiger partial charge on any atom is -0.463 e. The number of imidazole rings is 1. The second-order valence-electron chi connectivity index (χ2n) is 6.52. The average molecular weight is 463 g/mol. The number of nitrogens with zero attached hydrogens (tertiary/aromatic N) is 2. The SMILES string of the molecule is CC(=O)OC[C@H]1O[C@H](n2c(Cl)nc3cc(Cl)c(F)cc32)[C@H](OC(C)=O)[C@@H]1OC(C)=O. The van der Waals surface area contributed by atoms with Crippen molar-refractivity contribution >= 4 is 52.1 Å². The molecule has 0 unspecified atom stereocenters. The average Bonchev–Trinajstić information content (AvgIpc) is 3.10. The second-order valence-corrected chi connectivity index (χ2v) is 7.27. The quantitative estimate of drug-likeness (QED) is 0.493. The summed E-state index contributed by atoms with van der Waals surface area (Å²) in [5.74, 6) is -2.67. The minimum atomic E-state index is -1.18. The third-order valence-electron chi connectivity index (χ3n) is 4.28. The van der Waals surface area contributed by atoms with Crippen molar-refractivity contribution in [1.29, 1.82) is 0 Å². The van der Waals surface area contributed by atoms with Gasteiger partial charge in [0.1, 0.15) is 18.5 Å². The summed E-state index contributed by atoms with van der Waals surface area (Å²) >= 11 is 12.1. The molecule has 2 aromatic rings. The molecule has 1 aliphatic rings. The van der Waals surface area contributed by atoms with Crippen LogP contribution in [-0.4, -0.2) is 52.4 Å². The lowest BCUT2D eigenvalue weighted by Crippen LogP contribution is -2.40. The first-order valence-electron chi connectivity index (χ1n) is 8.74. The number of halogens is 3. The van der Waals surface area contributed by atoms with E-state index in [0.717, 1.165) is 19.9 Å². The van der Waals surface area contributed by atoms with Gasteiger partial charge in [0.05, 0.1) is 16.1 Å². The highest BCUT2D eigenvalue weighted by Crippen LogP contribution is 2.39. The van der Waals surface area contributed by atoms with Gasteiger partial charge in [-0.25, -0.2) is 9.37 Å². The Hall–Kier alpha value is -2.43. The van der Waals surface area contributed by atoms with Gasteiger partial charge in [0.25, 0.3) is 0 Å². The first kappa shape index (κ1) is 22.3. The highest BCUT2D eigenvalue weighted by atomic mass is 35.5. The molecule has 1 fully saturated rings. The second kappa shape index (κ2) is 8.75. The van der Waals surface area contributed by atoms with E-state index in [4.69, 9.17) is 42.1 Å². The standard InChI is InChI=1S/C18H17Cl2FN2O7/c1-7(24)27-6-14-15(28-8(2)25)16(29-9(3)26)17(30-14)23-13-5-11(21)10(19)4-12(13)22-18(23)20/h4-5,14-17H,6H2,1-3H3/t14-,15-,16-,17+/m1/s1. The molecule has 2 heterocycles. The summed E-state index contributed by atoms with van der Waals surface area (Å²) in [6.45, 7) is 3.24. The van der Waals surface area contributed by atoms with Crippen LogP contribution < -0.4 is 0 Å². The molecule has 12 heteroatoms. The van der Waals surface area contributed by atoms with Crippen molar-refractivity contribution in [2.24, 2.45) is 0 Å². The molecular formula is C18H17Cl2FN2O7. The van der Waals surface area contributed by atoms with E-state index in [2.05, 4.69) is 4.98 Å². The van der Waals surface area contributed by atoms with Crippen molar-refractivity contribution in [2.45, 2.75) is 45.3 Å². The minimum absolute atomic E-state index is 0.108. The van der Waals surface area contributed by atoms with Gasteiger partial charge >= 0.3 is 17.9 Å². The van der Waals surface area contributed by atoms with E-state index >= 15 is 0 Å². The number of ether oxygens (including phenoxy) is 4. The van der Waals surface area contributed by atoms with Crippen molar-refractivity contribution in [3.8, 4) is 0 Å². The Labute approximate surface area is 179 Å². The Kier molecular flexibility index (Phi) is 6.49. The van der Waals surface area contributed by atoms with Crippen LogP contribution in [-0.2, 0) is 33.3 Å². The molecule has 3 rings (SSSR count). The summed E-state index contributed by atoms with van der Waals surface area (Å²) in [5, 5.41) is -0.262. The van der Waals surface area contributed by atoms with Gasteiger partial charge in [-0.15, -0.1) is 0 Å². The maximum Gasteiger partial charge on any atom is 0.303 e. The van der Waals surface area contributed by atoms with Gasteiger partial charge in [0.15, 0.2) is 18.4 Å². The van der Waals surface area contributed by atoms with E-state index in [-0.39, 0.29) is 27.9 Å². The molecule has 9 nitrogen and oxygen atoms in total. The maximum absolute atomic E-state index is 14.1. The molecule has 0 aliphatic carbocycles. The molecular weight excluding hydrogens is 446 g/mol. The first-order valence-corrected chi connectivity index (χ1v) is 9.49. The van der Waals surface area contributed by atoms with Crippen molar-refractivity contribution < 1.29 is 37.7 Å². The van der Waals surface area contributed by atoms with E-state index in [1.165, 1.54) is 17.6 Å². The molecule has 4 atom stereocenters. The Morgan fingerprint density at radius 3 is 2.33 bits per heavy atom. The molecule has 0 saturated carbocycles. The molecule has 0 radical (unpaired) electrons. The van der Waals surface area contributed by atoms with Crippen LogP contribution in [0.5, 0.6) is 0 Å². The lowest BCUT2D eigenvalue weighted by molar-refractivity contribution is -0.166. The summed E-state index contributed by atoms with van der Waals surface area (Å²) < 4.78 is 36.9. The first-order chi connectivity index (χ1) is 14.1. The number of hydrogen-bond acceptors (Lipinski definition) is 8. The zero-order valence-electron chi connectivity index (χ0n) is 16.1. The summed E-state index contributed by atoms with van der Waals surface area (Å²) in [7, 11) is 0. The third-order valence-corrected chi connectivity index (χ3v) is 4.84. The number of fused-ring (bicyclic) bond motifs is 1. The van der Waals surface area contributed by atoms with Gasteiger partial charge in [0.2, 0.25) is 5.28 Å². The molecule has 0 amide bonds. The molecule has 1 aromatic heterocycles. The largest absolute Gasteiger partial charge is 0.463 e. The highest BCUT2D eigenvalue weighted by Gasteiger charge is 2.51. The van der Waals surface area contributed by atoms with Crippen LogP contribution in [0.15, 0.2) is 12.1 Å². The van der Waals surface area contributed by atoms with E-state index in [0.29, 0.717) is 0 Å². The van der Waals surface area contributed by atoms with Crippen LogP contribution in [0.1, 0.15) is 27.0 Å². The van der Waals surface area contributed by atoms with Gasteiger partial charge < -0.3 is 18.9 Å². The van der Waals surface area contributed by atoms with E-state index in [1.807, 2.05) is 0 Å². The van der Waals surface area contributed by atoms with Crippen molar-refractivity contribution in [2.75, 3.05) is 6.61 Å². The molecule has 1 aromatic carbocycles. The lowest BCUT2D eigenvalue weighted by Gasteiger charge is -2.24. The van der Waals surface area contributed by atoms with Crippen LogP contribution in [0.3, 0.4) is 0 Å². The Balaban J connectivity index is 2.09. The Bertz CT molecular complexity index is 1010. The highest BCUT2D eigenvalue weighted by molar-refractivity contribution is 6.32. The number of esters is 3. The molecule has 0 N–H and O–H groups in total. The fraction of sp³-hybridized carbons (Fsp3) is 0.444. The Morgan fingerprint density at radius 2 is 1.73 bits per heavy atom. The van der Waals surface area contributed by atoms with Crippen LogP contribution in [0, 0.1) is 5.82 Å². The number of carbonyl (C=O) groups excluding carboxylic acids is 3. The van der Waals surface area contributed by atoms with Gasteiger partial charge in [0, 0.05) is 26.8 Å².